The Balaban J connectivity index is 1.76. The van der Waals surface area contributed by atoms with Gasteiger partial charge < -0.3 is 10.5 Å². The third kappa shape index (κ3) is 4.41. The normalized spacial score (nSPS) is 21.1. The summed E-state index contributed by atoms with van der Waals surface area (Å²) in [7, 11) is 0. The highest BCUT2D eigenvalue weighted by Gasteiger charge is 2.19. The zero-order chi connectivity index (χ0) is 12.6. The Kier molecular flexibility index (Phi) is 5.65. The Hall–Kier alpha value is -0.900. The van der Waals surface area contributed by atoms with E-state index in [1.54, 1.807) is 0 Å². The van der Waals surface area contributed by atoms with Crippen molar-refractivity contribution in [3.8, 4) is 0 Å². The first-order valence-corrected chi connectivity index (χ1v) is 6.92. The van der Waals surface area contributed by atoms with Crippen LogP contribution >= 0.6 is 0 Å². The molecule has 3 heteroatoms. The summed E-state index contributed by atoms with van der Waals surface area (Å²) in [5.41, 5.74) is 6.84. The fourth-order valence-electron chi connectivity index (χ4n) is 2.61. The molecule has 0 radical (unpaired) electrons. The summed E-state index contributed by atoms with van der Waals surface area (Å²) < 4.78 is 5.57. The molecule has 0 amide bonds. The van der Waals surface area contributed by atoms with E-state index >= 15 is 0 Å². The maximum absolute atomic E-state index is 5.57. The van der Waals surface area contributed by atoms with Gasteiger partial charge >= 0.3 is 0 Å². The van der Waals surface area contributed by atoms with Crippen molar-refractivity contribution in [2.75, 3.05) is 32.8 Å². The first-order valence-electron chi connectivity index (χ1n) is 6.92. The summed E-state index contributed by atoms with van der Waals surface area (Å²) in [6.07, 6.45) is 2.57. The highest BCUT2D eigenvalue weighted by molar-refractivity contribution is 5.14. The van der Waals surface area contributed by atoms with Crippen molar-refractivity contribution in [2.45, 2.75) is 19.4 Å². The van der Waals surface area contributed by atoms with Crippen molar-refractivity contribution >= 4 is 0 Å². The lowest BCUT2D eigenvalue weighted by Crippen LogP contribution is -2.36. The first-order chi connectivity index (χ1) is 8.88. The zero-order valence-corrected chi connectivity index (χ0v) is 11.1. The Morgan fingerprint density at radius 2 is 2.11 bits per heavy atom. The second-order valence-corrected chi connectivity index (χ2v) is 5.09. The summed E-state index contributed by atoms with van der Waals surface area (Å²) in [5, 5.41) is 0. The van der Waals surface area contributed by atoms with Gasteiger partial charge in [0.2, 0.25) is 0 Å². The van der Waals surface area contributed by atoms with Crippen molar-refractivity contribution in [1.82, 2.24) is 4.90 Å². The van der Waals surface area contributed by atoms with Crippen LogP contribution in [-0.2, 0) is 11.3 Å². The zero-order valence-electron chi connectivity index (χ0n) is 11.1. The highest BCUT2D eigenvalue weighted by Crippen LogP contribution is 2.18. The fraction of sp³-hybridized carbons (Fsp3) is 0.600. The van der Waals surface area contributed by atoms with Gasteiger partial charge in [0.1, 0.15) is 0 Å². The van der Waals surface area contributed by atoms with E-state index in [0.29, 0.717) is 19.1 Å². The molecule has 2 rings (SSSR count). The molecule has 0 bridgehead atoms. The Labute approximate surface area is 110 Å². The molecule has 1 aliphatic heterocycles. The molecule has 0 spiro atoms. The van der Waals surface area contributed by atoms with Gasteiger partial charge in [-0.15, -0.1) is 0 Å². The van der Waals surface area contributed by atoms with E-state index in [1.165, 1.54) is 24.9 Å². The predicted molar refractivity (Wildman–Crippen MR) is 74.3 cm³/mol. The van der Waals surface area contributed by atoms with E-state index in [1.807, 2.05) is 0 Å². The number of rotatable bonds is 6. The van der Waals surface area contributed by atoms with Crippen LogP contribution in [0.2, 0.25) is 0 Å². The standard InChI is InChI=1S/C15H24N2O/c16-8-10-18-13-15-7-4-9-17(12-15)11-14-5-2-1-3-6-14/h1-3,5-6,15H,4,7-13,16H2/t15-/m0/s1. The van der Waals surface area contributed by atoms with Crippen molar-refractivity contribution < 1.29 is 4.74 Å². The second-order valence-electron chi connectivity index (χ2n) is 5.09. The van der Waals surface area contributed by atoms with Crippen molar-refractivity contribution in [3.05, 3.63) is 35.9 Å². The molecule has 0 aromatic heterocycles. The Morgan fingerprint density at radius 3 is 2.89 bits per heavy atom. The van der Waals surface area contributed by atoms with Gasteiger partial charge in [-0.05, 0) is 30.9 Å². The molecule has 0 unspecified atom stereocenters. The van der Waals surface area contributed by atoms with Crippen LogP contribution in [0.3, 0.4) is 0 Å². The molecule has 1 heterocycles. The second kappa shape index (κ2) is 7.52. The maximum atomic E-state index is 5.57. The summed E-state index contributed by atoms with van der Waals surface area (Å²) in [6.45, 7) is 5.61. The van der Waals surface area contributed by atoms with Crippen molar-refractivity contribution in [2.24, 2.45) is 11.7 Å². The lowest BCUT2D eigenvalue weighted by Gasteiger charge is -2.32. The van der Waals surface area contributed by atoms with Gasteiger partial charge in [0.05, 0.1) is 13.2 Å². The third-order valence-corrected chi connectivity index (χ3v) is 3.47. The average molecular weight is 248 g/mol. The van der Waals surface area contributed by atoms with Gasteiger partial charge in [-0.2, -0.15) is 0 Å². The molecule has 1 aromatic rings. The van der Waals surface area contributed by atoms with Crippen LogP contribution in [0, 0.1) is 5.92 Å². The van der Waals surface area contributed by atoms with E-state index < -0.39 is 0 Å². The highest BCUT2D eigenvalue weighted by atomic mass is 16.5. The van der Waals surface area contributed by atoms with Gasteiger partial charge in [-0.25, -0.2) is 0 Å². The van der Waals surface area contributed by atoms with E-state index in [-0.39, 0.29) is 0 Å². The van der Waals surface area contributed by atoms with Gasteiger partial charge in [-0.1, -0.05) is 30.3 Å². The quantitative estimate of drug-likeness (QED) is 0.781. The molecule has 1 saturated heterocycles. The lowest BCUT2D eigenvalue weighted by atomic mass is 9.98. The number of likely N-dealkylation sites (tertiary alicyclic amines) is 1. The van der Waals surface area contributed by atoms with E-state index in [0.717, 1.165) is 19.7 Å². The largest absolute Gasteiger partial charge is 0.380 e. The van der Waals surface area contributed by atoms with Crippen molar-refractivity contribution in [1.29, 1.82) is 0 Å². The van der Waals surface area contributed by atoms with Crippen molar-refractivity contribution in [3.63, 3.8) is 0 Å². The number of piperidine rings is 1. The maximum Gasteiger partial charge on any atom is 0.0588 e. The molecule has 3 nitrogen and oxygen atoms in total. The van der Waals surface area contributed by atoms with Gasteiger partial charge in [-0.3, -0.25) is 4.90 Å². The predicted octanol–water partition coefficient (Wildman–Crippen LogP) is 1.87. The van der Waals surface area contributed by atoms with Crippen LogP contribution < -0.4 is 5.73 Å². The summed E-state index contributed by atoms with van der Waals surface area (Å²) in [4.78, 5) is 2.54. The van der Waals surface area contributed by atoms with Gasteiger partial charge in [0.25, 0.3) is 0 Å². The third-order valence-electron chi connectivity index (χ3n) is 3.47. The van der Waals surface area contributed by atoms with Gasteiger partial charge in [0, 0.05) is 19.6 Å². The Morgan fingerprint density at radius 1 is 1.28 bits per heavy atom. The molecule has 18 heavy (non-hydrogen) atoms. The number of nitrogens with two attached hydrogens (primary N) is 1. The Bertz CT molecular complexity index is 329. The van der Waals surface area contributed by atoms with Crippen LogP contribution in [0.1, 0.15) is 18.4 Å². The number of hydrogen-bond donors (Lipinski definition) is 1. The molecular formula is C15H24N2O. The fourth-order valence-corrected chi connectivity index (χ4v) is 2.61. The minimum absolute atomic E-state index is 0.625. The smallest absolute Gasteiger partial charge is 0.0588 e. The molecule has 1 atom stereocenters. The van der Waals surface area contributed by atoms with Gasteiger partial charge in [0.15, 0.2) is 0 Å². The number of benzene rings is 1. The van der Waals surface area contributed by atoms with Crippen LogP contribution in [0.5, 0.6) is 0 Å². The molecule has 1 aliphatic rings. The summed E-state index contributed by atoms with van der Waals surface area (Å²) in [5.74, 6) is 0.675. The molecule has 0 aliphatic carbocycles. The minimum atomic E-state index is 0.625. The van der Waals surface area contributed by atoms with E-state index in [9.17, 15) is 0 Å². The molecule has 1 aromatic carbocycles. The summed E-state index contributed by atoms with van der Waals surface area (Å²) in [6, 6.07) is 10.7. The molecular weight excluding hydrogens is 224 g/mol. The van der Waals surface area contributed by atoms with Crippen LogP contribution in [0.4, 0.5) is 0 Å². The van der Waals surface area contributed by atoms with Crippen LogP contribution in [0.25, 0.3) is 0 Å². The summed E-state index contributed by atoms with van der Waals surface area (Å²) >= 11 is 0. The van der Waals surface area contributed by atoms with Crippen LogP contribution in [0.15, 0.2) is 30.3 Å². The number of hydrogen-bond acceptors (Lipinski definition) is 3. The molecule has 1 fully saturated rings. The lowest BCUT2D eigenvalue weighted by molar-refractivity contribution is 0.0620. The topological polar surface area (TPSA) is 38.5 Å². The number of ether oxygens (including phenoxy) is 1. The SMILES string of the molecule is NCCOC[C@H]1CCCN(Cc2ccccc2)C1. The van der Waals surface area contributed by atoms with Crippen LogP contribution in [-0.4, -0.2) is 37.7 Å². The average Bonchev–Trinajstić information content (AvgIpc) is 2.41. The monoisotopic (exact) mass is 248 g/mol. The minimum Gasteiger partial charge on any atom is -0.380 e. The first kappa shape index (κ1) is 13.5. The van der Waals surface area contributed by atoms with E-state index in [4.69, 9.17) is 10.5 Å². The molecule has 2 N–H and O–H groups in total. The molecule has 0 saturated carbocycles. The van der Waals surface area contributed by atoms with E-state index in [2.05, 4.69) is 35.2 Å². The number of nitrogens with zero attached hydrogens (tertiary/aromatic N) is 1. The molecule has 100 valence electrons.